The van der Waals surface area contributed by atoms with E-state index in [2.05, 4.69) is 41.4 Å². The number of piperidine rings is 1. The molecule has 0 saturated carbocycles. The topological polar surface area (TPSA) is 66.6 Å². The maximum Gasteiger partial charge on any atom is 0.155 e. The number of aliphatic imine (C=N–C) groups is 1. The summed E-state index contributed by atoms with van der Waals surface area (Å²) in [4.78, 5) is 13.8. The van der Waals surface area contributed by atoms with Crippen LogP contribution in [0.5, 0.6) is 0 Å². The van der Waals surface area contributed by atoms with Crippen LogP contribution in [0.25, 0.3) is 5.65 Å². The number of hydrogen-bond acceptors (Lipinski definition) is 5. The maximum absolute atomic E-state index is 14.4. The lowest BCUT2D eigenvalue weighted by atomic mass is 9.93. The van der Waals surface area contributed by atoms with E-state index in [0.29, 0.717) is 11.9 Å². The van der Waals surface area contributed by atoms with Crippen LogP contribution in [0.2, 0.25) is 0 Å². The van der Waals surface area contributed by atoms with Crippen molar-refractivity contribution in [2.24, 2.45) is 4.99 Å². The molecule has 4 heterocycles. The standard InChI is InChI=1S/C20H27FN6/c1-20(2,3)17-12-27-16(10-24-19(27)11-23-17)15-7-13(21)8-18(26-15)25-14-5-4-6-22-9-14/h8,10-12,14-15,22H,4-7,9H2,1-3H3,(H,25,26). The minimum Gasteiger partial charge on any atom is -0.366 e. The fourth-order valence-electron chi connectivity index (χ4n) is 3.62. The van der Waals surface area contributed by atoms with Crippen LogP contribution in [0.3, 0.4) is 0 Å². The number of nitrogens with zero attached hydrogens (tertiary/aromatic N) is 4. The largest absolute Gasteiger partial charge is 0.366 e. The Labute approximate surface area is 159 Å². The van der Waals surface area contributed by atoms with Gasteiger partial charge in [-0.25, -0.2) is 9.37 Å². The van der Waals surface area contributed by atoms with Crippen molar-refractivity contribution in [2.45, 2.75) is 57.5 Å². The van der Waals surface area contributed by atoms with Gasteiger partial charge in [0.25, 0.3) is 0 Å². The van der Waals surface area contributed by atoms with E-state index in [1.807, 2.05) is 10.6 Å². The zero-order valence-electron chi connectivity index (χ0n) is 16.2. The van der Waals surface area contributed by atoms with Gasteiger partial charge in [0.05, 0.1) is 23.8 Å². The predicted molar refractivity (Wildman–Crippen MR) is 105 cm³/mol. The Hall–Kier alpha value is -2.28. The molecule has 7 heteroatoms. The van der Waals surface area contributed by atoms with E-state index in [9.17, 15) is 4.39 Å². The van der Waals surface area contributed by atoms with E-state index < -0.39 is 0 Å². The van der Waals surface area contributed by atoms with Gasteiger partial charge in [-0.2, -0.15) is 0 Å². The Balaban J connectivity index is 1.64. The lowest BCUT2D eigenvalue weighted by Crippen LogP contribution is -2.45. The third kappa shape index (κ3) is 3.88. The fourth-order valence-corrected chi connectivity index (χ4v) is 3.62. The molecule has 2 aliphatic rings. The molecule has 2 aromatic rings. The quantitative estimate of drug-likeness (QED) is 0.853. The van der Waals surface area contributed by atoms with Crippen molar-refractivity contribution in [3.63, 3.8) is 0 Å². The molecular weight excluding hydrogens is 343 g/mol. The van der Waals surface area contributed by atoms with Gasteiger partial charge in [-0.1, -0.05) is 20.8 Å². The number of aromatic nitrogens is 3. The maximum atomic E-state index is 14.4. The van der Waals surface area contributed by atoms with Crippen LogP contribution in [0.1, 0.15) is 57.5 Å². The van der Waals surface area contributed by atoms with E-state index >= 15 is 0 Å². The van der Waals surface area contributed by atoms with E-state index in [4.69, 9.17) is 4.99 Å². The number of hydrogen-bond donors (Lipinski definition) is 2. The monoisotopic (exact) mass is 370 g/mol. The summed E-state index contributed by atoms with van der Waals surface area (Å²) in [7, 11) is 0. The molecular formula is C20H27FN6. The van der Waals surface area contributed by atoms with Crippen LogP contribution in [0, 0.1) is 0 Å². The third-order valence-electron chi connectivity index (χ3n) is 5.16. The van der Waals surface area contributed by atoms with Crippen molar-refractivity contribution in [3.8, 4) is 0 Å². The molecule has 0 spiro atoms. The number of nitrogens with one attached hydrogen (secondary N) is 2. The summed E-state index contributed by atoms with van der Waals surface area (Å²) in [5.74, 6) is 0.471. The Kier molecular flexibility index (Phi) is 4.72. The molecule has 0 amide bonds. The van der Waals surface area contributed by atoms with Gasteiger partial charge >= 0.3 is 0 Å². The molecule has 1 saturated heterocycles. The molecule has 27 heavy (non-hydrogen) atoms. The van der Waals surface area contributed by atoms with Crippen LogP contribution in [0.15, 0.2) is 35.5 Å². The molecule has 2 aliphatic heterocycles. The van der Waals surface area contributed by atoms with Gasteiger partial charge in [0.15, 0.2) is 5.65 Å². The van der Waals surface area contributed by atoms with Gasteiger partial charge in [-0.05, 0) is 19.4 Å². The summed E-state index contributed by atoms with van der Waals surface area (Å²) < 4.78 is 16.4. The van der Waals surface area contributed by atoms with Gasteiger partial charge in [0.2, 0.25) is 0 Å². The molecule has 6 nitrogen and oxygen atoms in total. The van der Waals surface area contributed by atoms with Crippen molar-refractivity contribution in [3.05, 3.63) is 41.9 Å². The van der Waals surface area contributed by atoms with Crippen LogP contribution < -0.4 is 10.6 Å². The lowest BCUT2D eigenvalue weighted by molar-refractivity contribution is 0.428. The molecule has 0 aliphatic carbocycles. The summed E-state index contributed by atoms with van der Waals surface area (Å²) in [6.07, 6.45) is 9.54. The lowest BCUT2D eigenvalue weighted by Gasteiger charge is -2.27. The van der Waals surface area contributed by atoms with Crippen LogP contribution in [-0.4, -0.2) is 39.3 Å². The number of rotatable bonds is 2. The van der Waals surface area contributed by atoms with E-state index in [1.54, 1.807) is 12.4 Å². The molecule has 2 unspecified atom stereocenters. The predicted octanol–water partition coefficient (Wildman–Crippen LogP) is 3.07. The molecule has 2 aromatic heterocycles. The number of halogens is 1. The molecule has 1 fully saturated rings. The van der Waals surface area contributed by atoms with Crippen LogP contribution in [0.4, 0.5) is 4.39 Å². The highest BCUT2D eigenvalue weighted by molar-refractivity contribution is 5.94. The second-order valence-corrected chi connectivity index (χ2v) is 8.45. The zero-order chi connectivity index (χ0) is 19.0. The van der Waals surface area contributed by atoms with Crippen LogP contribution in [-0.2, 0) is 5.41 Å². The van der Waals surface area contributed by atoms with Gasteiger partial charge in [-0.3, -0.25) is 14.4 Å². The minimum atomic E-state index is -0.292. The van der Waals surface area contributed by atoms with Gasteiger partial charge in [0, 0.05) is 36.7 Å². The molecule has 0 aromatic carbocycles. The normalized spacial score (nSPS) is 23.9. The first kappa shape index (κ1) is 18.1. The Morgan fingerprint density at radius 3 is 2.85 bits per heavy atom. The Morgan fingerprint density at radius 1 is 1.26 bits per heavy atom. The molecule has 2 N–H and O–H groups in total. The molecule has 4 rings (SSSR count). The average Bonchev–Trinajstić information content (AvgIpc) is 3.04. The SMILES string of the molecule is CC(C)(C)c1cn2c(C3CC(F)=CC(NC4CCCNC4)=N3)cnc2cn1. The average molecular weight is 370 g/mol. The van der Waals surface area contributed by atoms with E-state index in [-0.39, 0.29) is 23.7 Å². The van der Waals surface area contributed by atoms with Gasteiger partial charge in [0.1, 0.15) is 17.7 Å². The summed E-state index contributed by atoms with van der Waals surface area (Å²) in [6.45, 7) is 8.30. The fraction of sp³-hybridized carbons (Fsp3) is 0.550. The highest BCUT2D eigenvalue weighted by Gasteiger charge is 2.25. The first-order chi connectivity index (χ1) is 12.9. The van der Waals surface area contributed by atoms with Crippen molar-refractivity contribution < 1.29 is 4.39 Å². The van der Waals surface area contributed by atoms with E-state index in [0.717, 1.165) is 43.0 Å². The number of amidine groups is 1. The molecule has 0 bridgehead atoms. The summed E-state index contributed by atoms with van der Waals surface area (Å²) in [6, 6.07) is -0.00144. The van der Waals surface area contributed by atoms with Crippen molar-refractivity contribution in [2.75, 3.05) is 13.1 Å². The van der Waals surface area contributed by atoms with Crippen molar-refractivity contribution >= 4 is 11.5 Å². The highest BCUT2D eigenvalue weighted by Crippen LogP contribution is 2.30. The molecule has 144 valence electrons. The first-order valence-corrected chi connectivity index (χ1v) is 9.65. The second-order valence-electron chi connectivity index (χ2n) is 8.45. The van der Waals surface area contributed by atoms with Crippen LogP contribution >= 0.6 is 0 Å². The third-order valence-corrected chi connectivity index (χ3v) is 5.16. The Morgan fingerprint density at radius 2 is 2.11 bits per heavy atom. The summed E-state index contributed by atoms with van der Waals surface area (Å²) in [5.41, 5.74) is 2.55. The smallest absolute Gasteiger partial charge is 0.155 e. The van der Waals surface area contributed by atoms with Gasteiger partial charge < -0.3 is 10.6 Å². The number of imidazole rings is 1. The summed E-state index contributed by atoms with van der Waals surface area (Å²) in [5, 5.41) is 6.76. The Bertz CT molecular complexity index is 885. The van der Waals surface area contributed by atoms with E-state index in [1.165, 1.54) is 6.08 Å². The highest BCUT2D eigenvalue weighted by atomic mass is 19.1. The minimum absolute atomic E-state index is 0.0720. The number of fused-ring (bicyclic) bond motifs is 1. The summed E-state index contributed by atoms with van der Waals surface area (Å²) >= 11 is 0. The second kappa shape index (κ2) is 7.03. The molecule has 0 radical (unpaired) electrons. The molecule has 2 atom stereocenters. The van der Waals surface area contributed by atoms with Gasteiger partial charge in [-0.15, -0.1) is 0 Å². The number of dihydropyridines is 1. The first-order valence-electron chi connectivity index (χ1n) is 9.65. The zero-order valence-corrected chi connectivity index (χ0v) is 16.2. The van der Waals surface area contributed by atoms with Crippen molar-refractivity contribution in [1.82, 2.24) is 25.0 Å². The van der Waals surface area contributed by atoms with Crippen molar-refractivity contribution in [1.29, 1.82) is 0 Å².